The highest BCUT2D eigenvalue weighted by Gasteiger charge is 2.08. The van der Waals surface area contributed by atoms with Crippen molar-refractivity contribution in [2.24, 2.45) is 0 Å². The lowest BCUT2D eigenvalue weighted by atomic mass is 10.3. The molecule has 2 rings (SSSR count). The molecule has 2 aromatic heterocycles. The lowest BCUT2D eigenvalue weighted by Gasteiger charge is -1.94. The van der Waals surface area contributed by atoms with E-state index < -0.39 is 0 Å². The van der Waals surface area contributed by atoms with Crippen LogP contribution < -0.4 is 5.32 Å². The summed E-state index contributed by atoms with van der Waals surface area (Å²) >= 11 is 3.54. The summed E-state index contributed by atoms with van der Waals surface area (Å²) in [7, 11) is 1.98. The molecule has 0 aromatic carbocycles. The average molecular weight is 267 g/mol. The highest BCUT2D eigenvalue weighted by molar-refractivity contribution is 7.21. The van der Waals surface area contributed by atoms with Gasteiger partial charge < -0.3 is 5.32 Å². The van der Waals surface area contributed by atoms with E-state index in [9.17, 15) is 0 Å². The molecule has 3 nitrogen and oxygen atoms in total. The minimum Gasteiger partial charge on any atom is -0.320 e. The molecule has 1 N–H and O–H groups in total. The van der Waals surface area contributed by atoms with Gasteiger partial charge in [-0.25, -0.2) is 0 Å². The quantitative estimate of drug-likeness (QED) is 0.818. The molecule has 2 aromatic rings. The van der Waals surface area contributed by atoms with Gasteiger partial charge >= 0.3 is 0 Å². The first kappa shape index (κ1) is 12.7. The number of aryl methyl sites for hydroxylation is 2. The largest absolute Gasteiger partial charge is 0.320 e. The van der Waals surface area contributed by atoms with Crippen molar-refractivity contribution in [2.75, 3.05) is 13.6 Å². The van der Waals surface area contributed by atoms with E-state index in [1.54, 1.807) is 11.3 Å². The molecule has 17 heavy (non-hydrogen) atoms. The van der Waals surface area contributed by atoms with E-state index in [0.717, 1.165) is 35.8 Å². The Morgan fingerprint density at radius 3 is 2.82 bits per heavy atom. The van der Waals surface area contributed by atoms with Crippen LogP contribution in [-0.2, 0) is 12.8 Å². The lowest BCUT2D eigenvalue weighted by molar-refractivity contribution is 0.718. The number of thiophene rings is 1. The van der Waals surface area contributed by atoms with Crippen molar-refractivity contribution in [3.63, 3.8) is 0 Å². The Hall–Kier alpha value is -0.780. The summed E-state index contributed by atoms with van der Waals surface area (Å²) in [6.45, 7) is 3.22. The number of rotatable bonds is 6. The third-order valence-electron chi connectivity index (χ3n) is 2.51. The number of aromatic nitrogens is 2. The standard InChI is InChI=1S/C12H17N3S2/c1-3-9-6-7-10(16-9)12-15-14-11(17-12)5-4-8-13-2/h6-7,13H,3-5,8H2,1-2H3. The number of nitrogens with one attached hydrogen (secondary N) is 1. The molecular formula is C12H17N3S2. The van der Waals surface area contributed by atoms with E-state index >= 15 is 0 Å². The predicted octanol–water partition coefficient (Wildman–Crippen LogP) is 2.98. The third-order valence-corrected chi connectivity index (χ3v) is 4.89. The molecule has 0 bridgehead atoms. The second-order valence-corrected chi connectivity index (χ2v) is 6.06. The fourth-order valence-corrected chi connectivity index (χ4v) is 3.43. The Labute approximate surface area is 110 Å². The molecule has 0 saturated heterocycles. The molecule has 2 heterocycles. The van der Waals surface area contributed by atoms with E-state index in [0.29, 0.717) is 0 Å². The fourth-order valence-electron chi connectivity index (χ4n) is 1.55. The summed E-state index contributed by atoms with van der Waals surface area (Å²) in [5.41, 5.74) is 0. The van der Waals surface area contributed by atoms with Gasteiger partial charge in [-0.05, 0) is 38.6 Å². The molecule has 0 fully saturated rings. The van der Waals surface area contributed by atoms with Crippen molar-refractivity contribution in [2.45, 2.75) is 26.2 Å². The number of hydrogen-bond acceptors (Lipinski definition) is 5. The summed E-state index contributed by atoms with van der Waals surface area (Å²) in [6, 6.07) is 4.34. The molecule has 0 unspecified atom stereocenters. The van der Waals surface area contributed by atoms with Crippen LogP contribution in [0, 0.1) is 0 Å². The second-order valence-electron chi connectivity index (χ2n) is 3.83. The van der Waals surface area contributed by atoms with Gasteiger partial charge in [-0.2, -0.15) is 0 Å². The Morgan fingerprint density at radius 1 is 1.24 bits per heavy atom. The molecule has 5 heteroatoms. The first-order chi connectivity index (χ1) is 8.33. The fraction of sp³-hybridized carbons (Fsp3) is 0.500. The van der Waals surface area contributed by atoms with Gasteiger partial charge in [0.25, 0.3) is 0 Å². The van der Waals surface area contributed by atoms with Crippen LogP contribution in [0.4, 0.5) is 0 Å². The zero-order valence-electron chi connectivity index (χ0n) is 10.2. The Kier molecular flexibility index (Phi) is 4.65. The summed E-state index contributed by atoms with van der Waals surface area (Å²) in [5, 5.41) is 13.9. The van der Waals surface area contributed by atoms with Crippen molar-refractivity contribution < 1.29 is 0 Å². The van der Waals surface area contributed by atoms with E-state index in [1.165, 1.54) is 9.75 Å². The predicted molar refractivity (Wildman–Crippen MR) is 74.8 cm³/mol. The topological polar surface area (TPSA) is 37.8 Å². The molecule has 0 saturated carbocycles. The van der Waals surface area contributed by atoms with Crippen LogP contribution in [0.1, 0.15) is 23.2 Å². The zero-order chi connectivity index (χ0) is 12.1. The Bertz CT molecular complexity index is 462. The number of hydrogen-bond donors (Lipinski definition) is 1. The maximum Gasteiger partial charge on any atom is 0.157 e. The van der Waals surface area contributed by atoms with Gasteiger partial charge in [0.1, 0.15) is 5.01 Å². The van der Waals surface area contributed by atoms with Crippen LogP contribution in [0.5, 0.6) is 0 Å². The van der Waals surface area contributed by atoms with Gasteiger partial charge in [-0.1, -0.05) is 18.3 Å². The van der Waals surface area contributed by atoms with Crippen LogP contribution in [-0.4, -0.2) is 23.8 Å². The van der Waals surface area contributed by atoms with Crippen LogP contribution >= 0.6 is 22.7 Å². The molecule has 0 aliphatic carbocycles. The van der Waals surface area contributed by atoms with Gasteiger partial charge in [0.15, 0.2) is 5.01 Å². The minimum atomic E-state index is 1.02. The van der Waals surface area contributed by atoms with Gasteiger partial charge in [-0.3, -0.25) is 0 Å². The van der Waals surface area contributed by atoms with Crippen molar-refractivity contribution in [3.8, 4) is 9.88 Å². The van der Waals surface area contributed by atoms with Crippen LogP contribution in [0.2, 0.25) is 0 Å². The van der Waals surface area contributed by atoms with Crippen molar-refractivity contribution in [1.29, 1.82) is 0 Å². The first-order valence-electron chi connectivity index (χ1n) is 5.89. The first-order valence-corrected chi connectivity index (χ1v) is 7.53. The molecule has 0 aliphatic heterocycles. The van der Waals surface area contributed by atoms with Gasteiger partial charge in [0.05, 0.1) is 4.88 Å². The van der Waals surface area contributed by atoms with Gasteiger partial charge in [0.2, 0.25) is 0 Å². The normalized spacial score (nSPS) is 10.9. The van der Waals surface area contributed by atoms with E-state index in [4.69, 9.17) is 0 Å². The molecule has 0 radical (unpaired) electrons. The molecule has 0 spiro atoms. The highest BCUT2D eigenvalue weighted by Crippen LogP contribution is 2.30. The van der Waals surface area contributed by atoms with Crippen molar-refractivity contribution in [1.82, 2.24) is 15.5 Å². The smallest absolute Gasteiger partial charge is 0.157 e. The van der Waals surface area contributed by atoms with Crippen molar-refractivity contribution >= 4 is 22.7 Å². The summed E-state index contributed by atoms with van der Waals surface area (Å²) in [5.74, 6) is 0. The molecule has 0 aliphatic rings. The van der Waals surface area contributed by atoms with E-state index in [-0.39, 0.29) is 0 Å². The number of nitrogens with zero attached hydrogens (tertiary/aromatic N) is 2. The van der Waals surface area contributed by atoms with Crippen LogP contribution in [0.25, 0.3) is 9.88 Å². The third kappa shape index (κ3) is 3.34. The Morgan fingerprint density at radius 2 is 2.12 bits per heavy atom. The molecular weight excluding hydrogens is 250 g/mol. The highest BCUT2D eigenvalue weighted by atomic mass is 32.1. The van der Waals surface area contributed by atoms with Crippen molar-refractivity contribution in [3.05, 3.63) is 22.0 Å². The van der Waals surface area contributed by atoms with Crippen LogP contribution in [0.15, 0.2) is 12.1 Å². The summed E-state index contributed by atoms with van der Waals surface area (Å²) in [6.07, 6.45) is 3.23. The average Bonchev–Trinajstić information content (AvgIpc) is 2.97. The lowest BCUT2D eigenvalue weighted by Crippen LogP contribution is -2.08. The van der Waals surface area contributed by atoms with E-state index in [1.807, 2.05) is 18.4 Å². The van der Waals surface area contributed by atoms with E-state index in [2.05, 4.69) is 34.6 Å². The van der Waals surface area contributed by atoms with Gasteiger partial charge in [-0.15, -0.1) is 21.5 Å². The Balaban J connectivity index is 2.02. The zero-order valence-corrected chi connectivity index (χ0v) is 11.8. The SMILES string of the molecule is CCc1ccc(-c2nnc(CCCNC)s2)s1. The maximum absolute atomic E-state index is 4.27. The molecule has 0 amide bonds. The molecule has 92 valence electrons. The summed E-state index contributed by atoms with van der Waals surface area (Å²) < 4.78 is 0. The monoisotopic (exact) mass is 267 g/mol. The minimum absolute atomic E-state index is 1.02. The molecule has 0 atom stereocenters. The summed E-state index contributed by atoms with van der Waals surface area (Å²) in [4.78, 5) is 2.66. The maximum atomic E-state index is 4.27. The van der Waals surface area contributed by atoms with Gasteiger partial charge in [0, 0.05) is 11.3 Å². The van der Waals surface area contributed by atoms with Crippen LogP contribution in [0.3, 0.4) is 0 Å². The second kappa shape index (κ2) is 6.23.